The summed E-state index contributed by atoms with van der Waals surface area (Å²) < 4.78 is 18.2. The van der Waals surface area contributed by atoms with Crippen molar-refractivity contribution in [2.45, 2.75) is 13.5 Å². The molecule has 118 valence electrons. The van der Waals surface area contributed by atoms with Crippen LogP contribution in [0.5, 0.6) is 0 Å². The Kier molecular flexibility index (Phi) is 5.21. The lowest BCUT2D eigenvalue weighted by molar-refractivity contribution is -0.138. The molecule has 0 aliphatic carbocycles. The molecule has 22 heavy (non-hydrogen) atoms. The van der Waals surface area contributed by atoms with Crippen molar-refractivity contribution in [3.05, 3.63) is 42.1 Å². The van der Waals surface area contributed by atoms with Crippen LogP contribution in [0.1, 0.15) is 5.69 Å². The summed E-state index contributed by atoms with van der Waals surface area (Å²) in [6.07, 6.45) is 0. The van der Waals surface area contributed by atoms with E-state index < -0.39 is 0 Å². The summed E-state index contributed by atoms with van der Waals surface area (Å²) in [6, 6.07) is 12.3. The molecule has 0 amide bonds. The van der Waals surface area contributed by atoms with Gasteiger partial charge in [-0.2, -0.15) is 5.10 Å². The number of hydrogen-bond donors (Lipinski definition) is 0. The minimum absolute atomic E-state index is 0.340. The topological polar surface area (TPSA) is 45.5 Å². The van der Waals surface area contributed by atoms with E-state index in [1.165, 1.54) is 0 Å². The quantitative estimate of drug-likeness (QED) is 0.769. The number of rotatable bonds is 6. The van der Waals surface area contributed by atoms with Gasteiger partial charge in [-0.05, 0) is 13.0 Å². The highest BCUT2D eigenvalue weighted by Gasteiger charge is 2.14. The molecule has 1 fully saturated rings. The average molecular weight is 302 g/mol. The second-order valence-electron chi connectivity index (χ2n) is 5.56. The first-order valence-electron chi connectivity index (χ1n) is 7.66. The van der Waals surface area contributed by atoms with E-state index in [2.05, 4.69) is 30.2 Å². The molecule has 2 aromatic rings. The van der Waals surface area contributed by atoms with E-state index in [1.54, 1.807) is 0 Å². The zero-order chi connectivity index (χ0) is 15.2. The van der Waals surface area contributed by atoms with Gasteiger partial charge in [-0.25, -0.2) is 0 Å². The van der Waals surface area contributed by atoms with Crippen molar-refractivity contribution >= 4 is 0 Å². The molecule has 1 aromatic heterocycles. The highest BCUT2D eigenvalue weighted by molar-refractivity contribution is 5.58. The molecule has 5 heteroatoms. The first-order chi connectivity index (χ1) is 10.8. The van der Waals surface area contributed by atoms with E-state index in [0.717, 1.165) is 36.7 Å². The van der Waals surface area contributed by atoms with Gasteiger partial charge in [0.25, 0.3) is 0 Å². The predicted octanol–water partition coefficient (Wildman–Crippen LogP) is 2.50. The highest BCUT2D eigenvalue weighted by atomic mass is 16.7. The number of aromatic nitrogens is 2. The van der Waals surface area contributed by atoms with Crippen molar-refractivity contribution in [2.75, 3.05) is 33.2 Å². The first kappa shape index (κ1) is 15.2. The Morgan fingerprint density at radius 3 is 2.77 bits per heavy atom. The number of hydrogen-bond acceptors (Lipinski definition) is 4. The zero-order valence-electron chi connectivity index (χ0n) is 12.9. The summed E-state index contributed by atoms with van der Waals surface area (Å²) in [4.78, 5) is 0. The summed E-state index contributed by atoms with van der Waals surface area (Å²) in [5, 5.41) is 4.65. The van der Waals surface area contributed by atoms with Crippen LogP contribution in [0.25, 0.3) is 11.3 Å². The number of ether oxygens (including phenoxy) is 3. The molecule has 0 unspecified atom stereocenters. The highest BCUT2D eigenvalue weighted by Crippen LogP contribution is 2.18. The van der Waals surface area contributed by atoms with Gasteiger partial charge in [0, 0.05) is 17.2 Å². The van der Waals surface area contributed by atoms with Gasteiger partial charge in [-0.3, -0.25) is 4.68 Å². The monoisotopic (exact) mass is 302 g/mol. The molecule has 0 radical (unpaired) electrons. The van der Waals surface area contributed by atoms with Crippen LogP contribution in [0.2, 0.25) is 0 Å². The van der Waals surface area contributed by atoms with Crippen LogP contribution in [-0.4, -0.2) is 43.0 Å². The number of benzene rings is 1. The van der Waals surface area contributed by atoms with Gasteiger partial charge in [0.05, 0.1) is 38.7 Å². The summed E-state index contributed by atoms with van der Waals surface area (Å²) in [7, 11) is 0. The van der Waals surface area contributed by atoms with Gasteiger partial charge >= 0.3 is 0 Å². The first-order valence-corrected chi connectivity index (χ1v) is 7.66. The van der Waals surface area contributed by atoms with Gasteiger partial charge < -0.3 is 14.2 Å². The molecule has 3 rings (SSSR count). The summed E-state index contributed by atoms with van der Waals surface area (Å²) in [5.41, 5.74) is 3.29. The maximum atomic E-state index is 5.73. The number of aryl methyl sites for hydroxylation is 1. The Labute approximate surface area is 130 Å². The van der Waals surface area contributed by atoms with Crippen molar-refractivity contribution in [1.82, 2.24) is 9.78 Å². The maximum absolute atomic E-state index is 5.73. The minimum atomic E-state index is 0.340. The zero-order valence-corrected chi connectivity index (χ0v) is 12.9. The lowest BCUT2D eigenvalue weighted by Gasteiger charge is -2.22. The van der Waals surface area contributed by atoms with E-state index in [0.29, 0.717) is 25.9 Å². The van der Waals surface area contributed by atoms with Crippen LogP contribution < -0.4 is 0 Å². The third kappa shape index (κ3) is 3.94. The second-order valence-corrected chi connectivity index (χ2v) is 5.56. The molecule has 0 saturated carbocycles. The molecular formula is C17H22N2O3. The average Bonchev–Trinajstić information content (AvgIpc) is 2.94. The van der Waals surface area contributed by atoms with Crippen molar-refractivity contribution in [3.63, 3.8) is 0 Å². The molecular weight excluding hydrogens is 280 g/mol. The third-order valence-corrected chi connectivity index (χ3v) is 3.73. The van der Waals surface area contributed by atoms with Crippen LogP contribution in [0.15, 0.2) is 36.4 Å². The molecule has 1 aliphatic rings. The van der Waals surface area contributed by atoms with Crippen LogP contribution in [-0.2, 0) is 20.8 Å². The van der Waals surface area contributed by atoms with Gasteiger partial charge in [-0.1, -0.05) is 30.3 Å². The lowest BCUT2D eigenvalue weighted by Crippen LogP contribution is -2.28. The van der Waals surface area contributed by atoms with Gasteiger partial charge in [0.1, 0.15) is 6.79 Å². The van der Waals surface area contributed by atoms with E-state index in [4.69, 9.17) is 14.2 Å². The van der Waals surface area contributed by atoms with Crippen LogP contribution in [0.3, 0.4) is 0 Å². The molecule has 2 heterocycles. The van der Waals surface area contributed by atoms with Crippen molar-refractivity contribution in [1.29, 1.82) is 0 Å². The molecule has 0 atom stereocenters. The fourth-order valence-electron chi connectivity index (χ4n) is 2.52. The number of nitrogens with zero attached hydrogens (tertiary/aromatic N) is 2. The third-order valence-electron chi connectivity index (χ3n) is 3.73. The molecule has 1 aliphatic heterocycles. The molecule has 0 N–H and O–H groups in total. The Morgan fingerprint density at radius 2 is 2.00 bits per heavy atom. The van der Waals surface area contributed by atoms with Crippen molar-refractivity contribution in [2.24, 2.45) is 5.92 Å². The van der Waals surface area contributed by atoms with E-state index >= 15 is 0 Å². The maximum Gasteiger partial charge on any atom is 0.146 e. The van der Waals surface area contributed by atoms with Gasteiger partial charge in [0.15, 0.2) is 0 Å². The SMILES string of the molecule is Cc1cc(-c2ccccc2)nn1CCOCC1COCOC1. The van der Waals surface area contributed by atoms with Crippen molar-refractivity contribution < 1.29 is 14.2 Å². The lowest BCUT2D eigenvalue weighted by atomic mass is 10.1. The fraction of sp³-hybridized carbons (Fsp3) is 0.471. The molecule has 1 aromatic carbocycles. The Balaban J connectivity index is 1.49. The van der Waals surface area contributed by atoms with Crippen LogP contribution in [0.4, 0.5) is 0 Å². The van der Waals surface area contributed by atoms with E-state index in [9.17, 15) is 0 Å². The van der Waals surface area contributed by atoms with E-state index in [1.807, 2.05) is 22.9 Å². The van der Waals surface area contributed by atoms with Gasteiger partial charge in [-0.15, -0.1) is 0 Å². The van der Waals surface area contributed by atoms with Gasteiger partial charge in [0.2, 0.25) is 0 Å². The Morgan fingerprint density at radius 1 is 1.23 bits per heavy atom. The summed E-state index contributed by atoms with van der Waals surface area (Å²) >= 11 is 0. The Hall–Kier alpha value is -1.69. The molecule has 1 saturated heterocycles. The van der Waals surface area contributed by atoms with E-state index in [-0.39, 0.29) is 0 Å². The second kappa shape index (κ2) is 7.54. The normalized spacial score (nSPS) is 16.0. The molecule has 0 bridgehead atoms. The van der Waals surface area contributed by atoms with Crippen LogP contribution >= 0.6 is 0 Å². The summed E-state index contributed by atoms with van der Waals surface area (Å²) in [6.45, 7) is 6.00. The largest absolute Gasteiger partial charge is 0.379 e. The van der Waals surface area contributed by atoms with Crippen LogP contribution in [0, 0.1) is 12.8 Å². The Bertz CT molecular complexity index is 577. The summed E-state index contributed by atoms with van der Waals surface area (Å²) in [5.74, 6) is 0.340. The molecule has 5 nitrogen and oxygen atoms in total. The minimum Gasteiger partial charge on any atom is -0.379 e. The predicted molar refractivity (Wildman–Crippen MR) is 83.5 cm³/mol. The molecule has 0 spiro atoms. The van der Waals surface area contributed by atoms with Crippen molar-refractivity contribution in [3.8, 4) is 11.3 Å². The standard InChI is InChI=1S/C17H22N2O3/c1-14-9-17(16-5-3-2-4-6-16)18-19(14)7-8-20-10-15-11-21-13-22-12-15/h2-6,9,15H,7-8,10-13H2,1H3. The fourth-order valence-corrected chi connectivity index (χ4v) is 2.52. The smallest absolute Gasteiger partial charge is 0.146 e.